The molecule has 0 unspecified atom stereocenters. The number of unbranched alkanes of at least 4 members (excludes halogenated alkanes) is 1. The van der Waals surface area contributed by atoms with Crippen LogP contribution in [0.1, 0.15) is 42.1 Å². The Kier molecular flexibility index (Phi) is 5.39. The number of carbonyl (C=O) groups excluding carboxylic acids is 1. The summed E-state index contributed by atoms with van der Waals surface area (Å²) in [5.41, 5.74) is 4.92. The summed E-state index contributed by atoms with van der Waals surface area (Å²) < 4.78 is 4.93. The quantitative estimate of drug-likeness (QED) is 0.600. The van der Waals surface area contributed by atoms with Crippen LogP contribution in [0.2, 0.25) is 0 Å². The first-order valence-electron chi connectivity index (χ1n) is 8.73. The minimum Gasteiger partial charge on any atom is -0.465 e. The van der Waals surface area contributed by atoms with Gasteiger partial charge in [-0.25, -0.2) is 4.79 Å². The number of allylic oxidation sites excluding steroid dienone is 5. The van der Waals surface area contributed by atoms with Crippen LogP contribution in [0, 0.1) is 0 Å². The minimum atomic E-state index is -0.312. The smallest absolute Gasteiger partial charge is 0.338 e. The third-order valence-electron chi connectivity index (χ3n) is 4.40. The molecule has 3 rings (SSSR count). The van der Waals surface area contributed by atoms with Crippen LogP contribution in [0.4, 0.5) is 0 Å². The van der Waals surface area contributed by atoms with Crippen molar-refractivity contribution in [2.45, 2.75) is 26.2 Å². The van der Waals surface area contributed by atoms with Gasteiger partial charge in [-0.05, 0) is 54.0 Å². The summed E-state index contributed by atoms with van der Waals surface area (Å²) in [7, 11) is 1.41. The molecule has 1 heterocycles. The van der Waals surface area contributed by atoms with E-state index in [2.05, 4.69) is 47.7 Å². The summed E-state index contributed by atoms with van der Waals surface area (Å²) in [6, 6.07) is 5.89. The van der Waals surface area contributed by atoms with Gasteiger partial charge in [-0.3, -0.25) is 0 Å². The molecule has 1 aliphatic carbocycles. The van der Waals surface area contributed by atoms with Crippen molar-refractivity contribution in [1.29, 1.82) is 0 Å². The minimum absolute atomic E-state index is 0.312. The molecule has 0 bridgehead atoms. The Bertz CT molecular complexity index is 856. The Labute approximate surface area is 148 Å². The van der Waals surface area contributed by atoms with Crippen LogP contribution in [0.25, 0.3) is 16.5 Å². The molecule has 1 aliphatic rings. The number of H-pyrrole nitrogens is 1. The maximum atomic E-state index is 12.1. The first-order chi connectivity index (χ1) is 12.2. The number of nitrogens with one attached hydrogen (secondary N) is 2. The summed E-state index contributed by atoms with van der Waals surface area (Å²) in [4.78, 5) is 15.3. The molecule has 130 valence electrons. The van der Waals surface area contributed by atoms with E-state index in [4.69, 9.17) is 4.74 Å². The lowest BCUT2D eigenvalue weighted by Gasteiger charge is -2.12. The Morgan fingerprint density at radius 1 is 1.36 bits per heavy atom. The van der Waals surface area contributed by atoms with Crippen molar-refractivity contribution in [3.05, 3.63) is 65.5 Å². The molecule has 2 N–H and O–H groups in total. The van der Waals surface area contributed by atoms with E-state index in [9.17, 15) is 4.79 Å². The number of hydrogen-bond donors (Lipinski definition) is 2. The summed E-state index contributed by atoms with van der Waals surface area (Å²) >= 11 is 0. The van der Waals surface area contributed by atoms with Crippen LogP contribution in [0.15, 0.2) is 54.4 Å². The third-order valence-corrected chi connectivity index (χ3v) is 4.40. The van der Waals surface area contributed by atoms with Gasteiger partial charge in [0.15, 0.2) is 0 Å². The van der Waals surface area contributed by atoms with E-state index >= 15 is 0 Å². The number of ether oxygens (including phenoxy) is 1. The van der Waals surface area contributed by atoms with E-state index < -0.39 is 0 Å². The fourth-order valence-corrected chi connectivity index (χ4v) is 2.98. The molecule has 0 atom stereocenters. The Balaban J connectivity index is 1.82. The number of esters is 1. The molecule has 2 aromatic rings. The number of aromatic nitrogens is 1. The second-order valence-electron chi connectivity index (χ2n) is 6.18. The van der Waals surface area contributed by atoms with Gasteiger partial charge in [0.25, 0.3) is 0 Å². The van der Waals surface area contributed by atoms with Crippen LogP contribution >= 0.6 is 0 Å². The van der Waals surface area contributed by atoms with Crippen molar-refractivity contribution < 1.29 is 9.53 Å². The van der Waals surface area contributed by atoms with Crippen LogP contribution < -0.4 is 5.32 Å². The van der Waals surface area contributed by atoms with E-state index in [1.807, 2.05) is 18.3 Å². The van der Waals surface area contributed by atoms with Gasteiger partial charge in [0.1, 0.15) is 0 Å². The predicted molar refractivity (Wildman–Crippen MR) is 102 cm³/mol. The Morgan fingerprint density at radius 3 is 2.96 bits per heavy atom. The van der Waals surface area contributed by atoms with Crippen molar-refractivity contribution in [1.82, 2.24) is 10.3 Å². The van der Waals surface area contributed by atoms with Gasteiger partial charge in [-0.15, -0.1) is 0 Å². The molecular weight excluding hydrogens is 312 g/mol. The van der Waals surface area contributed by atoms with Crippen LogP contribution in [-0.2, 0) is 4.74 Å². The average Bonchev–Trinajstić information content (AvgIpc) is 3.13. The lowest BCUT2D eigenvalue weighted by molar-refractivity contribution is 0.0603. The number of aromatic amines is 1. The fraction of sp³-hybridized carbons (Fsp3) is 0.286. The van der Waals surface area contributed by atoms with Gasteiger partial charge < -0.3 is 15.0 Å². The maximum absolute atomic E-state index is 12.1. The molecule has 1 aromatic carbocycles. The van der Waals surface area contributed by atoms with E-state index in [0.29, 0.717) is 5.56 Å². The molecule has 0 saturated heterocycles. The van der Waals surface area contributed by atoms with Crippen molar-refractivity contribution in [3.8, 4) is 0 Å². The van der Waals surface area contributed by atoms with Gasteiger partial charge in [0, 0.05) is 23.6 Å². The van der Waals surface area contributed by atoms with Crippen molar-refractivity contribution in [3.63, 3.8) is 0 Å². The molecule has 0 spiro atoms. The highest BCUT2D eigenvalue weighted by Crippen LogP contribution is 2.29. The highest BCUT2D eigenvalue weighted by molar-refractivity contribution is 6.05. The molecule has 0 radical (unpaired) electrons. The number of hydrogen-bond acceptors (Lipinski definition) is 3. The first kappa shape index (κ1) is 17.1. The normalized spacial score (nSPS) is 15.4. The van der Waals surface area contributed by atoms with Gasteiger partial charge in [0.05, 0.1) is 12.7 Å². The summed E-state index contributed by atoms with van der Waals surface area (Å²) in [6.07, 6.45) is 13.6. The summed E-state index contributed by atoms with van der Waals surface area (Å²) in [5, 5.41) is 4.24. The van der Waals surface area contributed by atoms with Crippen molar-refractivity contribution in [2.75, 3.05) is 13.7 Å². The van der Waals surface area contributed by atoms with Gasteiger partial charge in [0.2, 0.25) is 0 Å². The molecular formula is C21H24N2O2. The molecule has 0 aliphatic heterocycles. The van der Waals surface area contributed by atoms with Crippen molar-refractivity contribution in [2.24, 2.45) is 0 Å². The monoisotopic (exact) mass is 336 g/mol. The predicted octanol–water partition coefficient (Wildman–Crippen LogP) is 4.57. The molecule has 0 saturated carbocycles. The average molecular weight is 336 g/mol. The molecule has 1 aromatic heterocycles. The number of rotatable bonds is 6. The van der Waals surface area contributed by atoms with E-state index in [1.54, 1.807) is 0 Å². The maximum Gasteiger partial charge on any atom is 0.338 e. The molecule has 4 heteroatoms. The van der Waals surface area contributed by atoms with Gasteiger partial charge in [-0.2, -0.15) is 0 Å². The van der Waals surface area contributed by atoms with Crippen molar-refractivity contribution >= 4 is 22.4 Å². The lowest BCUT2D eigenvalue weighted by atomic mass is 9.94. The second kappa shape index (κ2) is 7.88. The second-order valence-corrected chi connectivity index (χ2v) is 6.18. The molecule has 25 heavy (non-hydrogen) atoms. The van der Waals surface area contributed by atoms with E-state index in [0.717, 1.165) is 35.0 Å². The highest BCUT2D eigenvalue weighted by atomic mass is 16.5. The zero-order valence-electron chi connectivity index (χ0n) is 14.8. The van der Waals surface area contributed by atoms with E-state index in [1.165, 1.54) is 25.5 Å². The Hall–Kier alpha value is -2.75. The third kappa shape index (κ3) is 3.85. The van der Waals surface area contributed by atoms with Crippen LogP contribution in [0.5, 0.6) is 0 Å². The van der Waals surface area contributed by atoms with Crippen LogP contribution in [-0.4, -0.2) is 24.6 Å². The SMILES string of the molecule is CCCCNC=C1C=CC(c2cc(C(=O)OC)c3cc[nH]c3c2)=CC1. The lowest BCUT2D eigenvalue weighted by Crippen LogP contribution is -2.07. The molecule has 4 nitrogen and oxygen atoms in total. The van der Waals surface area contributed by atoms with E-state index in [-0.39, 0.29) is 5.97 Å². The largest absolute Gasteiger partial charge is 0.465 e. The first-order valence-corrected chi connectivity index (χ1v) is 8.73. The Morgan fingerprint density at radius 2 is 2.24 bits per heavy atom. The topological polar surface area (TPSA) is 54.1 Å². The number of benzene rings is 1. The standard InChI is InChI=1S/C21H24N2O2/c1-3-4-10-22-14-15-5-7-16(8-6-15)17-12-19(21(24)25-2)18-9-11-23-20(18)13-17/h5,7-9,11-14,22-23H,3-4,6,10H2,1-2H3. The van der Waals surface area contributed by atoms with Gasteiger partial charge >= 0.3 is 5.97 Å². The zero-order chi connectivity index (χ0) is 17.6. The number of carbonyl (C=O) groups is 1. The summed E-state index contributed by atoms with van der Waals surface area (Å²) in [6.45, 7) is 3.20. The fourth-order valence-electron chi connectivity index (χ4n) is 2.98. The van der Waals surface area contributed by atoms with Gasteiger partial charge in [-0.1, -0.05) is 31.6 Å². The highest BCUT2D eigenvalue weighted by Gasteiger charge is 2.14. The summed E-state index contributed by atoms with van der Waals surface area (Å²) in [5.74, 6) is -0.312. The molecule has 0 fully saturated rings. The van der Waals surface area contributed by atoms with Crippen LogP contribution in [0.3, 0.4) is 0 Å². The number of methoxy groups -OCH3 is 1. The number of fused-ring (bicyclic) bond motifs is 1. The molecule has 0 amide bonds. The zero-order valence-corrected chi connectivity index (χ0v) is 14.8.